The van der Waals surface area contributed by atoms with Crippen LogP contribution in [0.1, 0.15) is 16.9 Å². The predicted octanol–water partition coefficient (Wildman–Crippen LogP) is 2.42. The Bertz CT molecular complexity index is 1070. The normalized spacial score (nSPS) is 15.8. The Kier molecular flexibility index (Phi) is 6.75. The number of pyridine rings is 1. The van der Waals surface area contributed by atoms with Gasteiger partial charge in [-0.3, -0.25) is 14.8 Å². The summed E-state index contributed by atoms with van der Waals surface area (Å²) in [6, 6.07) is 10.0. The SMILES string of the molecule is O=C(NC1CCNC1)c1cnc(-c2ccc3ncccc3c2)cn1.O=C(O)C(F)(F)F. The number of carbonyl (C=O) groups is 2. The van der Waals surface area contributed by atoms with Crippen LogP contribution in [0.4, 0.5) is 13.2 Å². The Balaban J connectivity index is 0.000000339. The van der Waals surface area contributed by atoms with Crippen LogP contribution in [0, 0.1) is 0 Å². The van der Waals surface area contributed by atoms with Crippen LogP contribution in [0.2, 0.25) is 0 Å². The maximum Gasteiger partial charge on any atom is 0.490 e. The van der Waals surface area contributed by atoms with E-state index < -0.39 is 12.1 Å². The van der Waals surface area contributed by atoms with Crippen molar-refractivity contribution in [3.05, 3.63) is 54.6 Å². The summed E-state index contributed by atoms with van der Waals surface area (Å²) < 4.78 is 31.7. The molecular weight excluding hydrogens is 415 g/mol. The zero-order valence-corrected chi connectivity index (χ0v) is 16.1. The van der Waals surface area contributed by atoms with Crippen LogP contribution in [0.25, 0.3) is 22.2 Å². The summed E-state index contributed by atoms with van der Waals surface area (Å²) in [7, 11) is 0. The lowest BCUT2D eigenvalue weighted by Gasteiger charge is -2.10. The number of nitrogens with one attached hydrogen (secondary N) is 2. The molecule has 0 bridgehead atoms. The maximum absolute atomic E-state index is 12.2. The van der Waals surface area contributed by atoms with Crippen molar-refractivity contribution in [1.82, 2.24) is 25.6 Å². The number of benzene rings is 1. The van der Waals surface area contributed by atoms with Crippen LogP contribution in [0.15, 0.2) is 48.9 Å². The quantitative estimate of drug-likeness (QED) is 0.581. The minimum atomic E-state index is -5.08. The number of amides is 1. The Labute approximate surface area is 174 Å². The second-order valence-corrected chi connectivity index (χ2v) is 6.66. The van der Waals surface area contributed by atoms with Crippen molar-refractivity contribution in [2.24, 2.45) is 0 Å². The standard InChI is InChI=1S/C18H17N5O.C2HF3O2/c24-18(23-14-5-7-19-9-14)17-11-21-16(10-22-17)13-3-4-15-12(8-13)2-1-6-20-15;3-2(4,5)1(6)7/h1-4,6,8,10-11,14,19H,5,7,9H2,(H,23,24);(H,6,7). The first-order valence-electron chi connectivity index (χ1n) is 9.23. The molecule has 1 aromatic carbocycles. The van der Waals surface area contributed by atoms with Crippen LogP contribution < -0.4 is 10.6 Å². The molecule has 0 radical (unpaired) electrons. The maximum atomic E-state index is 12.2. The van der Waals surface area contributed by atoms with Crippen molar-refractivity contribution in [3.63, 3.8) is 0 Å². The number of carboxylic acid groups (broad SMARTS) is 1. The van der Waals surface area contributed by atoms with E-state index in [9.17, 15) is 18.0 Å². The second kappa shape index (κ2) is 9.47. The molecule has 8 nitrogen and oxygen atoms in total. The van der Waals surface area contributed by atoms with E-state index in [1.54, 1.807) is 12.4 Å². The van der Waals surface area contributed by atoms with Crippen LogP contribution in [0.3, 0.4) is 0 Å². The Morgan fingerprint density at radius 3 is 2.52 bits per heavy atom. The molecule has 1 unspecified atom stereocenters. The molecule has 11 heteroatoms. The van der Waals surface area contributed by atoms with Gasteiger partial charge >= 0.3 is 12.1 Å². The third kappa shape index (κ3) is 5.95. The Morgan fingerprint density at radius 1 is 1.13 bits per heavy atom. The van der Waals surface area contributed by atoms with Crippen molar-refractivity contribution in [2.75, 3.05) is 13.1 Å². The van der Waals surface area contributed by atoms with Crippen molar-refractivity contribution >= 4 is 22.8 Å². The fourth-order valence-electron chi connectivity index (χ4n) is 2.87. The van der Waals surface area contributed by atoms with Crippen LogP contribution in [0.5, 0.6) is 0 Å². The van der Waals surface area contributed by atoms with Crippen LogP contribution in [-0.2, 0) is 4.79 Å². The molecule has 31 heavy (non-hydrogen) atoms. The second-order valence-electron chi connectivity index (χ2n) is 6.66. The summed E-state index contributed by atoms with van der Waals surface area (Å²) in [5.41, 5.74) is 2.97. The van der Waals surface area contributed by atoms with E-state index >= 15 is 0 Å². The molecule has 1 aliphatic heterocycles. The third-order valence-corrected chi connectivity index (χ3v) is 4.42. The number of carbonyl (C=O) groups excluding carboxylic acids is 1. The topological polar surface area (TPSA) is 117 Å². The van der Waals surface area contributed by atoms with Crippen molar-refractivity contribution < 1.29 is 27.9 Å². The molecule has 162 valence electrons. The summed E-state index contributed by atoms with van der Waals surface area (Å²) in [5.74, 6) is -2.93. The number of aliphatic carboxylic acids is 1. The minimum Gasteiger partial charge on any atom is -0.475 e. The monoisotopic (exact) mass is 433 g/mol. The summed E-state index contributed by atoms with van der Waals surface area (Å²) in [5, 5.41) is 14.4. The highest BCUT2D eigenvalue weighted by atomic mass is 19.4. The molecule has 0 spiro atoms. The number of fused-ring (bicyclic) bond motifs is 1. The number of aromatic nitrogens is 3. The van der Waals surface area contributed by atoms with Crippen LogP contribution >= 0.6 is 0 Å². The zero-order chi connectivity index (χ0) is 22.4. The van der Waals surface area contributed by atoms with Gasteiger partial charge < -0.3 is 15.7 Å². The largest absolute Gasteiger partial charge is 0.490 e. The molecule has 1 fully saturated rings. The molecule has 1 atom stereocenters. The lowest BCUT2D eigenvalue weighted by Crippen LogP contribution is -2.36. The number of halogens is 3. The minimum absolute atomic E-state index is 0.173. The fraction of sp³-hybridized carbons (Fsp3) is 0.250. The molecule has 1 aliphatic rings. The number of alkyl halides is 3. The van der Waals surface area contributed by atoms with E-state index in [0.717, 1.165) is 41.7 Å². The van der Waals surface area contributed by atoms with Gasteiger partial charge in [0.25, 0.3) is 5.91 Å². The van der Waals surface area contributed by atoms with E-state index in [-0.39, 0.29) is 11.9 Å². The molecule has 3 N–H and O–H groups in total. The summed E-state index contributed by atoms with van der Waals surface area (Å²) in [6.45, 7) is 1.74. The van der Waals surface area contributed by atoms with Crippen molar-refractivity contribution in [3.8, 4) is 11.3 Å². The lowest BCUT2D eigenvalue weighted by molar-refractivity contribution is -0.192. The van der Waals surface area contributed by atoms with Gasteiger partial charge in [-0.05, 0) is 31.2 Å². The van der Waals surface area contributed by atoms with Gasteiger partial charge in [-0.2, -0.15) is 13.2 Å². The summed E-state index contributed by atoms with van der Waals surface area (Å²) >= 11 is 0. The fourth-order valence-corrected chi connectivity index (χ4v) is 2.87. The summed E-state index contributed by atoms with van der Waals surface area (Å²) in [6.07, 6.45) is 0.803. The average molecular weight is 433 g/mol. The molecule has 0 aliphatic carbocycles. The summed E-state index contributed by atoms with van der Waals surface area (Å²) in [4.78, 5) is 34.0. The third-order valence-electron chi connectivity index (χ3n) is 4.42. The molecule has 2 aromatic heterocycles. The zero-order valence-electron chi connectivity index (χ0n) is 16.1. The molecule has 3 aromatic rings. The van der Waals surface area contributed by atoms with Gasteiger partial charge in [-0.25, -0.2) is 9.78 Å². The van der Waals surface area contributed by atoms with Gasteiger partial charge in [0.05, 0.1) is 23.6 Å². The van der Waals surface area contributed by atoms with Gasteiger partial charge in [-0.15, -0.1) is 0 Å². The first kappa shape index (κ1) is 22.1. The molecular formula is C20H18F3N5O3. The van der Waals surface area contributed by atoms with E-state index in [0.29, 0.717) is 5.69 Å². The number of hydrogen-bond donors (Lipinski definition) is 3. The first-order chi connectivity index (χ1) is 14.7. The highest BCUT2D eigenvalue weighted by molar-refractivity contribution is 5.92. The molecule has 1 amide bonds. The number of hydrogen-bond acceptors (Lipinski definition) is 6. The van der Waals surface area contributed by atoms with E-state index in [4.69, 9.17) is 9.90 Å². The highest BCUT2D eigenvalue weighted by Crippen LogP contribution is 2.21. The number of nitrogens with zero attached hydrogens (tertiary/aromatic N) is 3. The Morgan fingerprint density at radius 2 is 1.90 bits per heavy atom. The van der Waals surface area contributed by atoms with Gasteiger partial charge in [0.1, 0.15) is 5.69 Å². The van der Waals surface area contributed by atoms with E-state index in [1.807, 2.05) is 30.3 Å². The highest BCUT2D eigenvalue weighted by Gasteiger charge is 2.38. The predicted molar refractivity (Wildman–Crippen MR) is 105 cm³/mol. The van der Waals surface area contributed by atoms with E-state index in [2.05, 4.69) is 25.6 Å². The van der Waals surface area contributed by atoms with Crippen molar-refractivity contribution in [1.29, 1.82) is 0 Å². The van der Waals surface area contributed by atoms with Gasteiger partial charge in [0.2, 0.25) is 0 Å². The van der Waals surface area contributed by atoms with Gasteiger partial charge in [0.15, 0.2) is 0 Å². The Hall–Kier alpha value is -3.60. The lowest BCUT2D eigenvalue weighted by atomic mass is 10.1. The van der Waals surface area contributed by atoms with Gasteiger partial charge in [0, 0.05) is 29.7 Å². The van der Waals surface area contributed by atoms with Gasteiger partial charge in [-0.1, -0.05) is 12.1 Å². The smallest absolute Gasteiger partial charge is 0.475 e. The molecule has 3 heterocycles. The number of rotatable bonds is 3. The average Bonchev–Trinajstić information content (AvgIpc) is 3.26. The molecule has 4 rings (SSSR count). The van der Waals surface area contributed by atoms with Crippen LogP contribution in [-0.4, -0.2) is 57.2 Å². The molecule has 1 saturated heterocycles. The number of carboxylic acids is 1. The van der Waals surface area contributed by atoms with Crippen molar-refractivity contribution in [2.45, 2.75) is 18.6 Å². The first-order valence-corrected chi connectivity index (χ1v) is 9.23. The van der Waals surface area contributed by atoms with E-state index in [1.165, 1.54) is 6.20 Å². The molecule has 0 saturated carbocycles.